The number of esters is 1. The number of nitriles is 1. The van der Waals surface area contributed by atoms with Gasteiger partial charge in [-0.1, -0.05) is 0 Å². The van der Waals surface area contributed by atoms with E-state index in [4.69, 9.17) is 14.7 Å². The van der Waals surface area contributed by atoms with Crippen LogP contribution in [0.3, 0.4) is 0 Å². The first kappa shape index (κ1) is 19.5. The molecule has 0 spiro atoms. The predicted octanol–water partition coefficient (Wildman–Crippen LogP) is 3.97. The second-order valence-electron chi connectivity index (χ2n) is 5.59. The van der Waals surface area contributed by atoms with Gasteiger partial charge in [0.25, 0.3) is 5.82 Å². The molecule has 0 saturated heterocycles. The number of nitrogens with zero attached hydrogens (tertiary/aromatic N) is 4. The van der Waals surface area contributed by atoms with Gasteiger partial charge in [0.05, 0.1) is 28.4 Å². The smallest absolute Gasteiger partial charge is 0.383 e. The minimum absolute atomic E-state index is 0.127. The van der Waals surface area contributed by atoms with E-state index in [9.17, 15) is 9.18 Å². The summed E-state index contributed by atoms with van der Waals surface area (Å²) in [5.41, 5.74) is 0.907. The quantitative estimate of drug-likeness (QED) is 0.436. The fourth-order valence-electron chi connectivity index (χ4n) is 2.44. The zero-order valence-electron chi connectivity index (χ0n) is 14.9. The molecular weight excluding hydrogens is 431 g/mol. The van der Waals surface area contributed by atoms with E-state index >= 15 is 0 Å². The first-order valence-corrected chi connectivity index (χ1v) is 9.00. The molecule has 0 saturated carbocycles. The van der Waals surface area contributed by atoms with Gasteiger partial charge >= 0.3 is 5.97 Å². The highest BCUT2D eigenvalue weighted by Crippen LogP contribution is 2.37. The summed E-state index contributed by atoms with van der Waals surface area (Å²) in [4.78, 5) is 16.7. The molecule has 7 nitrogen and oxygen atoms in total. The molecule has 0 aliphatic heterocycles. The molecule has 3 rings (SSSR count). The van der Waals surface area contributed by atoms with Crippen LogP contribution in [0, 0.1) is 24.1 Å². The lowest BCUT2D eigenvalue weighted by atomic mass is 10.2. The molecule has 0 fully saturated rings. The number of carbonyl (C=O) groups is 1. The summed E-state index contributed by atoms with van der Waals surface area (Å²) in [7, 11) is 0. The van der Waals surface area contributed by atoms with Gasteiger partial charge in [0.1, 0.15) is 11.6 Å². The molecular formula is C19H14BrFN4O3. The molecule has 2 aromatic carbocycles. The Morgan fingerprint density at radius 3 is 2.68 bits per heavy atom. The maximum Gasteiger partial charge on any atom is 0.383 e. The van der Waals surface area contributed by atoms with Crippen molar-refractivity contribution in [2.24, 2.45) is 0 Å². The Bertz CT molecular complexity index is 1070. The van der Waals surface area contributed by atoms with Crippen LogP contribution in [-0.2, 0) is 0 Å². The molecule has 1 heterocycles. The third kappa shape index (κ3) is 4.02. The van der Waals surface area contributed by atoms with Gasteiger partial charge < -0.3 is 9.47 Å². The third-order valence-electron chi connectivity index (χ3n) is 3.66. The molecule has 0 amide bonds. The highest BCUT2D eigenvalue weighted by Gasteiger charge is 2.22. The summed E-state index contributed by atoms with van der Waals surface area (Å²) < 4.78 is 25.8. The zero-order valence-corrected chi connectivity index (χ0v) is 16.5. The highest BCUT2D eigenvalue weighted by atomic mass is 79.9. The lowest BCUT2D eigenvalue weighted by Gasteiger charge is -2.11. The minimum Gasteiger partial charge on any atom is -0.490 e. The van der Waals surface area contributed by atoms with Crippen molar-refractivity contribution < 1.29 is 18.7 Å². The molecule has 0 aliphatic rings. The van der Waals surface area contributed by atoms with Gasteiger partial charge in [-0.2, -0.15) is 5.26 Å². The van der Waals surface area contributed by atoms with Crippen LogP contribution in [0.5, 0.6) is 11.5 Å². The van der Waals surface area contributed by atoms with Gasteiger partial charge in [-0.3, -0.25) is 0 Å². The maximum absolute atomic E-state index is 13.1. The monoisotopic (exact) mass is 444 g/mol. The van der Waals surface area contributed by atoms with Gasteiger partial charge in [0.2, 0.25) is 0 Å². The molecule has 0 radical (unpaired) electrons. The van der Waals surface area contributed by atoms with Gasteiger partial charge in [-0.05, 0) is 60.1 Å². The van der Waals surface area contributed by atoms with E-state index < -0.39 is 5.97 Å². The lowest BCUT2D eigenvalue weighted by Crippen LogP contribution is -2.13. The van der Waals surface area contributed by atoms with E-state index in [-0.39, 0.29) is 23.1 Å². The van der Waals surface area contributed by atoms with Crippen LogP contribution in [-0.4, -0.2) is 27.3 Å². The maximum atomic E-state index is 13.1. The van der Waals surface area contributed by atoms with Crippen LogP contribution in [0.1, 0.15) is 28.9 Å². The van der Waals surface area contributed by atoms with Crippen molar-refractivity contribution in [3.8, 4) is 23.3 Å². The van der Waals surface area contributed by atoms with Crippen LogP contribution < -0.4 is 9.47 Å². The molecule has 142 valence electrons. The molecule has 0 atom stereocenters. The Hall–Kier alpha value is -3.25. The molecule has 0 N–H and O–H groups in total. The van der Waals surface area contributed by atoms with E-state index in [1.54, 1.807) is 13.8 Å². The van der Waals surface area contributed by atoms with Gasteiger partial charge in [-0.15, -0.1) is 5.10 Å². The average molecular weight is 445 g/mol. The summed E-state index contributed by atoms with van der Waals surface area (Å²) in [6.45, 7) is 3.76. The SMILES string of the molecule is CCOc1cc(C#N)cc(Br)c1OC(=O)c1nc(C)n(-c2ccc(F)cc2)n1. The molecule has 0 bridgehead atoms. The number of hydrogen-bond acceptors (Lipinski definition) is 6. The van der Waals surface area contributed by atoms with Crippen molar-refractivity contribution in [2.45, 2.75) is 13.8 Å². The topological polar surface area (TPSA) is 90.0 Å². The van der Waals surface area contributed by atoms with Crippen LogP contribution in [0.15, 0.2) is 40.9 Å². The molecule has 28 heavy (non-hydrogen) atoms. The second kappa shape index (κ2) is 8.19. The largest absolute Gasteiger partial charge is 0.490 e. The Morgan fingerprint density at radius 1 is 1.32 bits per heavy atom. The molecule has 0 aliphatic carbocycles. The molecule has 3 aromatic rings. The number of rotatable bonds is 5. The summed E-state index contributed by atoms with van der Waals surface area (Å²) in [6.07, 6.45) is 0. The van der Waals surface area contributed by atoms with E-state index in [2.05, 4.69) is 26.0 Å². The molecule has 0 unspecified atom stereocenters. The van der Waals surface area contributed by atoms with Crippen LogP contribution in [0.4, 0.5) is 4.39 Å². The van der Waals surface area contributed by atoms with Gasteiger partial charge in [0.15, 0.2) is 11.5 Å². The third-order valence-corrected chi connectivity index (χ3v) is 4.24. The number of carbonyl (C=O) groups excluding carboxylic acids is 1. The van der Waals surface area contributed by atoms with Gasteiger partial charge in [-0.25, -0.2) is 18.9 Å². The zero-order chi connectivity index (χ0) is 20.3. The average Bonchev–Trinajstić information content (AvgIpc) is 3.06. The second-order valence-corrected chi connectivity index (χ2v) is 6.44. The van der Waals surface area contributed by atoms with Crippen LogP contribution in [0.2, 0.25) is 0 Å². The fraction of sp³-hybridized carbons (Fsp3) is 0.158. The Balaban J connectivity index is 1.91. The van der Waals surface area contributed by atoms with E-state index in [0.717, 1.165) is 0 Å². The number of aromatic nitrogens is 3. The van der Waals surface area contributed by atoms with Crippen LogP contribution in [0.25, 0.3) is 5.69 Å². The first-order chi connectivity index (χ1) is 13.4. The minimum atomic E-state index is -0.796. The van der Waals surface area contributed by atoms with Crippen molar-refractivity contribution in [2.75, 3.05) is 6.61 Å². The van der Waals surface area contributed by atoms with E-state index in [1.807, 2.05) is 6.07 Å². The van der Waals surface area contributed by atoms with Crippen molar-refractivity contribution in [1.29, 1.82) is 5.26 Å². The molecule has 1 aromatic heterocycles. The summed E-state index contributed by atoms with van der Waals surface area (Å²) in [5, 5.41) is 13.2. The Labute approximate surface area is 168 Å². The number of ether oxygens (including phenoxy) is 2. The number of aryl methyl sites for hydroxylation is 1. The number of benzene rings is 2. The van der Waals surface area contributed by atoms with Gasteiger partial charge in [0, 0.05) is 6.07 Å². The van der Waals surface area contributed by atoms with Crippen molar-refractivity contribution >= 4 is 21.9 Å². The van der Waals surface area contributed by atoms with Crippen molar-refractivity contribution in [3.63, 3.8) is 0 Å². The number of hydrogen-bond donors (Lipinski definition) is 0. The lowest BCUT2D eigenvalue weighted by molar-refractivity contribution is 0.0714. The summed E-state index contributed by atoms with van der Waals surface area (Å²) in [5.74, 6) is -0.535. The Kier molecular flexibility index (Phi) is 5.70. The Morgan fingerprint density at radius 2 is 2.04 bits per heavy atom. The number of halogens is 2. The van der Waals surface area contributed by atoms with Crippen molar-refractivity contribution in [3.05, 3.63) is 63.9 Å². The first-order valence-electron chi connectivity index (χ1n) is 8.21. The predicted molar refractivity (Wildman–Crippen MR) is 101 cm³/mol. The fourth-order valence-corrected chi connectivity index (χ4v) is 2.96. The van der Waals surface area contributed by atoms with Crippen LogP contribution >= 0.6 is 15.9 Å². The van der Waals surface area contributed by atoms with Crippen molar-refractivity contribution in [1.82, 2.24) is 14.8 Å². The van der Waals surface area contributed by atoms with E-state index in [1.165, 1.54) is 41.1 Å². The summed E-state index contributed by atoms with van der Waals surface area (Å²) >= 11 is 3.28. The standard InChI is InChI=1S/C19H14BrFN4O3/c1-3-27-16-9-12(10-22)8-15(20)17(16)28-19(26)18-23-11(2)25(24-18)14-6-4-13(21)5-7-14/h4-9H,3H2,1-2H3. The normalized spacial score (nSPS) is 10.4. The summed E-state index contributed by atoms with van der Waals surface area (Å²) in [6, 6.07) is 10.6. The highest BCUT2D eigenvalue weighted by molar-refractivity contribution is 9.10. The molecule has 9 heteroatoms. The van der Waals surface area contributed by atoms with E-state index in [0.29, 0.717) is 28.2 Å².